The van der Waals surface area contributed by atoms with Crippen LogP contribution in [0.5, 0.6) is 5.75 Å². The Bertz CT molecular complexity index is 769. The second kappa shape index (κ2) is 6.88. The lowest BCUT2D eigenvalue weighted by Gasteiger charge is -2.05. The minimum Gasteiger partial charge on any atom is -0.494 e. The number of benzene rings is 2. The van der Waals surface area contributed by atoms with Crippen molar-refractivity contribution in [1.29, 1.82) is 0 Å². The predicted octanol–water partition coefficient (Wildman–Crippen LogP) is 4.67. The van der Waals surface area contributed by atoms with Crippen LogP contribution >= 0.6 is 0 Å². The highest BCUT2D eigenvalue weighted by Crippen LogP contribution is 2.25. The van der Waals surface area contributed by atoms with E-state index in [4.69, 9.17) is 9.15 Å². The molecule has 1 atom stereocenters. The molecule has 1 unspecified atom stereocenters. The van der Waals surface area contributed by atoms with Crippen molar-refractivity contribution in [3.8, 4) is 5.75 Å². The molecule has 3 rings (SSSR count). The van der Waals surface area contributed by atoms with Crippen molar-refractivity contribution in [2.45, 2.75) is 32.8 Å². The third-order valence-corrected chi connectivity index (χ3v) is 3.95. The second-order valence-corrected chi connectivity index (χ2v) is 5.77. The average Bonchev–Trinajstić information content (AvgIpc) is 2.98. The molecule has 1 heterocycles. The van der Waals surface area contributed by atoms with Gasteiger partial charge in [0.05, 0.1) is 6.61 Å². The van der Waals surface area contributed by atoms with E-state index in [1.807, 2.05) is 25.1 Å². The van der Waals surface area contributed by atoms with Crippen LogP contribution in [0.25, 0.3) is 11.0 Å². The molecule has 0 amide bonds. The zero-order valence-corrected chi connectivity index (χ0v) is 13.6. The zero-order chi connectivity index (χ0) is 16.2. The Labute approximate surface area is 136 Å². The van der Waals surface area contributed by atoms with Gasteiger partial charge in [-0.05, 0) is 62.1 Å². The molecular weight excluding hydrogens is 288 g/mol. The van der Waals surface area contributed by atoms with Gasteiger partial charge in [0, 0.05) is 5.39 Å². The number of aryl methyl sites for hydroxylation is 2. The first-order valence-corrected chi connectivity index (χ1v) is 8.08. The number of ether oxygens (including phenoxy) is 1. The van der Waals surface area contributed by atoms with Crippen LogP contribution in [0.3, 0.4) is 0 Å². The Balaban J connectivity index is 1.68. The lowest BCUT2D eigenvalue weighted by atomic mass is 10.0. The Morgan fingerprint density at radius 3 is 2.39 bits per heavy atom. The van der Waals surface area contributed by atoms with E-state index in [9.17, 15) is 5.11 Å². The first kappa shape index (κ1) is 15.6. The number of hydrogen-bond donors (Lipinski definition) is 1. The maximum absolute atomic E-state index is 9.60. The SMILES string of the molecule is CCOc1ccc(CCc2ccc3cc(C(C)O)oc3c2)cc1. The normalized spacial score (nSPS) is 12.5. The molecule has 0 aliphatic carbocycles. The van der Waals surface area contributed by atoms with Crippen LogP contribution in [0.2, 0.25) is 0 Å². The standard InChI is InChI=1S/C20H22O3/c1-3-22-18-10-7-15(8-11-18)4-5-16-6-9-17-13-19(14(2)21)23-20(17)12-16/h6-14,21H,3-5H2,1-2H3. The molecular formula is C20H22O3. The monoisotopic (exact) mass is 310 g/mol. The summed E-state index contributed by atoms with van der Waals surface area (Å²) in [5.74, 6) is 1.53. The molecule has 0 fully saturated rings. The van der Waals surface area contributed by atoms with Gasteiger partial charge in [-0.25, -0.2) is 0 Å². The van der Waals surface area contributed by atoms with Crippen LogP contribution < -0.4 is 4.74 Å². The van der Waals surface area contributed by atoms with Crippen LogP contribution in [0.1, 0.15) is 36.8 Å². The van der Waals surface area contributed by atoms with E-state index in [1.165, 1.54) is 11.1 Å². The van der Waals surface area contributed by atoms with E-state index in [1.54, 1.807) is 6.92 Å². The molecule has 0 radical (unpaired) electrons. The van der Waals surface area contributed by atoms with E-state index < -0.39 is 6.10 Å². The fourth-order valence-corrected chi connectivity index (χ4v) is 2.67. The minimum atomic E-state index is -0.574. The van der Waals surface area contributed by atoms with Crippen molar-refractivity contribution in [2.24, 2.45) is 0 Å². The van der Waals surface area contributed by atoms with E-state index in [-0.39, 0.29) is 0 Å². The molecule has 23 heavy (non-hydrogen) atoms. The van der Waals surface area contributed by atoms with Crippen LogP contribution in [-0.4, -0.2) is 11.7 Å². The number of fused-ring (bicyclic) bond motifs is 1. The Morgan fingerprint density at radius 2 is 1.70 bits per heavy atom. The Kier molecular flexibility index (Phi) is 4.68. The summed E-state index contributed by atoms with van der Waals surface area (Å²) >= 11 is 0. The van der Waals surface area contributed by atoms with E-state index in [0.29, 0.717) is 12.4 Å². The summed E-state index contributed by atoms with van der Waals surface area (Å²) in [5.41, 5.74) is 3.36. The molecule has 0 aliphatic rings. The van der Waals surface area contributed by atoms with Gasteiger partial charge in [0.2, 0.25) is 0 Å². The first-order valence-electron chi connectivity index (χ1n) is 8.08. The molecule has 3 aromatic rings. The van der Waals surface area contributed by atoms with Crippen LogP contribution in [0.15, 0.2) is 52.9 Å². The highest BCUT2D eigenvalue weighted by atomic mass is 16.5. The summed E-state index contributed by atoms with van der Waals surface area (Å²) < 4.78 is 11.2. The molecule has 0 aliphatic heterocycles. The molecule has 1 aromatic heterocycles. The van der Waals surface area contributed by atoms with E-state index in [2.05, 4.69) is 30.3 Å². The highest BCUT2D eigenvalue weighted by Gasteiger charge is 2.09. The third kappa shape index (κ3) is 3.74. The van der Waals surface area contributed by atoms with Gasteiger partial charge in [-0.3, -0.25) is 0 Å². The zero-order valence-electron chi connectivity index (χ0n) is 13.6. The smallest absolute Gasteiger partial charge is 0.134 e. The maximum atomic E-state index is 9.60. The Hall–Kier alpha value is -2.26. The summed E-state index contributed by atoms with van der Waals surface area (Å²) in [6.45, 7) is 4.39. The average molecular weight is 310 g/mol. The number of aliphatic hydroxyl groups is 1. The quantitative estimate of drug-likeness (QED) is 0.719. The summed E-state index contributed by atoms with van der Waals surface area (Å²) in [5, 5.41) is 10.6. The van der Waals surface area contributed by atoms with Gasteiger partial charge in [-0.2, -0.15) is 0 Å². The highest BCUT2D eigenvalue weighted by molar-refractivity contribution is 5.78. The molecule has 1 N–H and O–H groups in total. The van der Waals surface area contributed by atoms with Crippen LogP contribution in [0.4, 0.5) is 0 Å². The minimum absolute atomic E-state index is 0.574. The maximum Gasteiger partial charge on any atom is 0.134 e. The molecule has 0 saturated carbocycles. The number of aliphatic hydroxyl groups excluding tert-OH is 1. The fraction of sp³-hybridized carbons (Fsp3) is 0.300. The molecule has 0 saturated heterocycles. The number of rotatable bonds is 6. The van der Waals surface area contributed by atoms with Crippen molar-refractivity contribution in [1.82, 2.24) is 0 Å². The lowest BCUT2D eigenvalue weighted by Crippen LogP contribution is -1.93. The third-order valence-electron chi connectivity index (χ3n) is 3.95. The van der Waals surface area contributed by atoms with Gasteiger partial charge in [0.1, 0.15) is 23.2 Å². The van der Waals surface area contributed by atoms with Crippen molar-refractivity contribution < 1.29 is 14.3 Å². The molecule has 3 nitrogen and oxygen atoms in total. The van der Waals surface area contributed by atoms with Gasteiger partial charge in [-0.15, -0.1) is 0 Å². The molecule has 0 spiro atoms. The fourth-order valence-electron chi connectivity index (χ4n) is 2.67. The van der Waals surface area contributed by atoms with Crippen LogP contribution in [0, 0.1) is 0 Å². The lowest BCUT2D eigenvalue weighted by molar-refractivity contribution is 0.172. The molecule has 120 valence electrons. The Morgan fingerprint density at radius 1 is 1.00 bits per heavy atom. The number of hydrogen-bond acceptors (Lipinski definition) is 3. The molecule has 0 bridgehead atoms. The number of furan rings is 1. The molecule has 3 heteroatoms. The van der Waals surface area contributed by atoms with Gasteiger partial charge < -0.3 is 14.3 Å². The topological polar surface area (TPSA) is 42.6 Å². The van der Waals surface area contributed by atoms with Gasteiger partial charge in [0.25, 0.3) is 0 Å². The summed E-state index contributed by atoms with van der Waals surface area (Å²) in [7, 11) is 0. The van der Waals surface area contributed by atoms with Crippen molar-refractivity contribution in [2.75, 3.05) is 6.61 Å². The van der Waals surface area contributed by atoms with E-state index in [0.717, 1.165) is 29.6 Å². The van der Waals surface area contributed by atoms with Crippen LogP contribution in [-0.2, 0) is 12.8 Å². The van der Waals surface area contributed by atoms with E-state index >= 15 is 0 Å². The summed E-state index contributed by atoms with van der Waals surface area (Å²) in [4.78, 5) is 0. The predicted molar refractivity (Wildman–Crippen MR) is 91.9 cm³/mol. The van der Waals surface area contributed by atoms with Crippen molar-refractivity contribution in [3.63, 3.8) is 0 Å². The van der Waals surface area contributed by atoms with Gasteiger partial charge in [-0.1, -0.05) is 24.3 Å². The first-order chi connectivity index (χ1) is 11.2. The van der Waals surface area contributed by atoms with Gasteiger partial charge in [0.15, 0.2) is 0 Å². The largest absolute Gasteiger partial charge is 0.494 e. The van der Waals surface area contributed by atoms with Gasteiger partial charge >= 0.3 is 0 Å². The summed E-state index contributed by atoms with van der Waals surface area (Å²) in [6.07, 6.45) is 1.35. The van der Waals surface area contributed by atoms with Crippen molar-refractivity contribution in [3.05, 3.63) is 65.4 Å². The second-order valence-electron chi connectivity index (χ2n) is 5.77. The molecule has 2 aromatic carbocycles. The van der Waals surface area contributed by atoms with Crippen molar-refractivity contribution >= 4 is 11.0 Å². The summed E-state index contributed by atoms with van der Waals surface area (Å²) in [6, 6.07) is 16.4.